The van der Waals surface area contributed by atoms with Crippen molar-refractivity contribution in [2.45, 2.75) is 39.2 Å². The Kier molecular flexibility index (Phi) is 8.01. The topological polar surface area (TPSA) is 53.2 Å². The van der Waals surface area contributed by atoms with Crippen molar-refractivity contribution in [3.05, 3.63) is 29.8 Å². The van der Waals surface area contributed by atoms with Crippen molar-refractivity contribution in [1.29, 1.82) is 0 Å². The molecule has 118 valence electrons. The van der Waals surface area contributed by atoms with E-state index in [0.717, 1.165) is 31.5 Å². The lowest BCUT2D eigenvalue weighted by Crippen LogP contribution is -2.38. The SMILES string of the molecule is CNCCCC(NC)C(=O)Nc1ccc(CC(C)C)cc1. The Labute approximate surface area is 128 Å². The van der Waals surface area contributed by atoms with E-state index in [-0.39, 0.29) is 11.9 Å². The fraction of sp³-hybridized carbons (Fsp3) is 0.588. The molecule has 0 aliphatic carbocycles. The number of hydrogen-bond donors (Lipinski definition) is 3. The summed E-state index contributed by atoms with van der Waals surface area (Å²) in [7, 11) is 3.75. The molecule has 0 aromatic heterocycles. The van der Waals surface area contributed by atoms with Gasteiger partial charge in [-0.05, 0) is 63.5 Å². The van der Waals surface area contributed by atoms with Crippen molar-refractivity contribution in [3.8, 4) is 0 Å². The zero-order chi connectivity index (χ0) is 15.7. The van der Waals surface area contributed by atoms with Crippen LogP contribution in [-0.4, -0.2) is 32.6 Å². The molecular weight excluding hydrogens is 262 g/mol. The van der Waals surface area contributed by atoms with Gasteiger partial charge >= 0.3 is 0 Å². The molecule has 0 heterocycles. The van der Waals surface area contributed by atoms with Crippen LogP contribution in [0.2, 0.25) is 0 Å². The van der Waals surface area contributed by atoms with Gasteiger partial charge in [0, 0.05) is 5.69 Å². The minimum Gasteiger partial charge on any atom is -0.325 e. The van der Waals surface area contributed by atoms with Gasteiger partial charge in [-0.2, -0.15) is 0 Å². The van der Waals surface area contributed by atoms with Crippen LogP contribution in [0, 0.1) is 5.92 Å². The maximum Gasteiger partial charge on any atom is 0.241 e. The molecule has 0 spiro atoms. The maximum absolute atomic E-state index is 12.2. The summed E-state index contributed by atoms with van der Waals surface area (Å²) in [6.07, 6.45) is 2.87. The van der Waals surface area contributed by atoms with Crippen LogP contribution in [0.25, 0.3) is 0 Å². The summed E-state index contributed by atoms with van der Waals surface area (Å²) >= 11 is 0. The second-order valence-electron chi connectivity index (χ2n) is 5.87. The van der Waals surface area contributed by atoms with Gasteiger partial charge in [-0.1, -0.05) is 26.0 Å². The van der Waals surface area contributed by atoms with E-state index in [1.165, 1.54) is 5.56 Å². The minimum absolute atomic E-state index is 0.0326. The molecule has 0 saturated heterocycles. The van der Waals surface area contributed by atoms with E-state index in [1.54, 1.807) is 0 Å². The third-order valence-electron chi connectivity index (χ3n) is 3.45. The fourth-order valence-electron chi connectivity index (χ4n) is 2.31. The average Bonchev–Trinajstić information content (AvgIpc) is 2.45. The van der Waals surface area contributed by atoms with Gasteiger partial charge < -0.3 is 16.0 Å². The Morgan fingerprint density at radius 3 is 2.33 bits per heavy atom. The van der Waals surface area contributed by atoms with Crippen LogP contribution in [0.4, 0.5) is 5.69 Å². The monoisotopic (exact) mass is 291 g/mol. The first-order valence-corrected chi connectivity index (χ1v) is 7.78. The van der Waals surface area contributed by atoms with Gasteiger partial charge in [-0.25, -0.2) is 0 Å². The molecule has 0 aliphatic heterocycles. The largest absolute Gasteiger partial charge is 0.325 e. The van der Waals surface area contributed by atoms with Crippen molar-refractivity contribution in [1.82, 2.24) is 10.6 Å². The van der Waals surface area contributed by atoms with Crippen LogP contribution in [0.15, 0.2) is 24.3 Å². The summed E-state index contributed by atoms with van der Waals surface area (Å²) < 4.78 is 0. The molecule has 0 fully saturated rings. The van der Waals surface area contributed by atoms with Crippen LogP contribution in [0.3, 0.4) is 0 Å². The van der Waals surface area contributed by atoms with Crippen LogP contribution < -0.4 is 16.0 Å². The molecule has 4 nitrogen and oxygen atoms in total. The van der Waals surface area contributed by atoms with Crippen LogP contribution in [-0.2, 0) is 11.2 Å². The second-order valence-corrected chi connectivity index (χ2v) is 5.87. The van der Waals surface area contributed by atoms with Crippen molar-refractivity contribution >= 4 is 11.6 Å². The average molecular weight is 291 g/mol. The standard InChI is InChI=1S/C17H29N3O/c1-13(2)12-14-7-9-15(10-8-14)20-17(21)16(19-4)6-5-11-18-3/h7-10,13,16,18-19H,5-6,11-12H2,1-4H3,(H,20,21). The predicted octanol–water partition coefficient (Wildman–Crippen LogP) is 2.41. The van der Waals surface area contributed by atoms with Gasteiger partial charge in [-0.15, -0.1) is 0 Å². The van der Waals surface area contributed by atoms with E-state index in [0.29, 0.717) is 5.92 Å². The highest BCUT2D eigenvalue weighted by Gasteiger charge is 2.15. The third kappa shape index (κ3) is 6.74. The molecule has 0 bridgehead atoms. The lowest BCUT2D eigenvalue weighted by molar-refractivity contribution is -0.118. The highest BCUT2D eigenvalue weighted by atomic mass is 16.2. The van der Waals surface area contributed by atoms with Crippen LogP contribution >= 0.6 is 0 Å². The summed E-state index contributed by atoms with van der Waals surface area (Å²) in [6, 6.07) is 8.00. The first-order chi connectivity index (χ1) is 10.1. The predicted molar refractivity (Wildman–Crippen MR) is 89.6 cm³/mol. The normalized spacial score (nSPS) is 12.4. The Morgan fingerprint density at radius 1 is 1.14 bits per heavy atom. The molecule has 21 heavy (non-hydrogen) atoms. The maximum atomic E-state index is 12.2. The quantitative estimate of drug-likeness (QED) is 0.612. The number of carbonyl (C=O) groups is 1. The lowest BCUT2D eigenvalue weighted by Gasteiger charge is -2.16. The van der Waals surface area contributed by atoms with E-state index < -0.39 is 0 Å². The van der Waals surface area contributed by atoms with E-state index in [2.05, 4.69) is 41.9 Å². The summed E-state index contributed by atoms with van der Waals surface area (Å²) in [6.45, 7) is 5.34. The van der Waals surface area contributed by atoms with Crippen LogP contribution in [0.1, 0.15) is 32.3 Å². The number of nitrogens with one attached hydrogen (secondary N) is 3. The Bertz CT molecular complexity index is 415. The molecule has 0 radical (unpaired) electrons. The van der Waals surface area contributed by atoms with Crippen molar-refractivity contribution in [3.63, 3.8) is 0 Å². The number of likely N-dealkylation sites (N-methyl/N-ethyl adjacent to an activating group) is 1. The van der Waals surface area contributed by atoms with Crippen molar-refractivity contribution in [2.24, 2.45) is 5.92 Å². The Balaban J connectivity index is 2.52. The smallest absolute Gasteiger partial charge is 0.241 e. The molecule has 1 aromatic rings. The number of hydrogen-bond acceptors (Lipinski definition) is 3. The highest BCUT2D eigenvalue weighted by molar-refractivity contribution is 5.94. The van der Waals surface area contributed by atoms with E-state index >= 15 is 0 Å². The number of amides is 1. The zero-order valence-corrected chi connectivity index (χ0v) is 13.7. The lowest BCUT2D eigenvalue weighted by atomic mass is 10.0. The summed E-state index contributed by atoms with van der Waals surface area (Å²) in [4.78, 5) is 12.2. The van der Waals surface area contributed by atoms with Gasteiger partial charge in [0.15, 0.2) is 0 Å². The van der Waals surface area contributed by atoms with Crippen LogP contribution in [0.5, 0.6) is 0 Å². The molecule has 0 saturated carbocycles. The Morgan fingerprint density at radius 2 is 1.81 bits per heavy atom. The number of anilines is 1. The Hall–Kier alpha value is -1.39. The number of rotatable bonds is 9. The molecule has 1 aromatic carbocycles. The molecule has 3 N–H and O–H groups in total. The third-order valence-corrected chi connectivity index (χ3v) is 3.45. The molecule has 1 amide bonds. The van der Waals surface area contributed by atoms with E-state index in [1.807, 2.05) is 26.2 Å². The molecule has 1 rings (SSSR count). The first kappa shape index (κ1) is 17.7. The fourth-order valence-corrected chi connectivity index (χ4v) is 2.31. The molecule has 4 heteroatoms. The highest BCUT2D eigenvalue weighted by Crippen LogP contribution is 2.13. The molecule has 0 aliphatic rings. The summed E-state index contributed by atoms with van der Waals surface area (Å²) in [5, 5.41) is 9.16. The van der Waals surface area contributed by atoms with E-state index in [4.69, 9.17) is 0 Å². The zero-order valence-electron chi connectivity index (χ0n) is 13.7. The van der Waals surface area contributed by atoms with Crippen molar-refractivity contribution < 1.29 is 4.79 Å². The van der Waals surface area contributed by atoms with Gasteiger partial charge in [-0.3, -0.25) is 4.79 Å². The number of carbonyl (C=O) groups excluding carboxylic acids is 1. The molecule has 1 atom stereocenters. The molecule has 1 unspecified atom stereocenters. The van der Waals surface area contributed by atoms with Gasteiger partial charge in [0.2, 0.25) is 5.91 Å². The van der Waals surface area contributed by atoms with Gasteiger partial charge in [0.1, 0.15) is 0 Å². The summed E-state index contributed by atoms with van der Waals surface area (Å²) in [5.74, 6) is 0.677. The summed E-state index contributed by atoms with van der Waals surface area (Å²) in [5.41, 5.74) is 2.17. The van der Waals surface area contributed by atoms with Gasteiger partial charge in [0.05, 0.1) is 6.04 Å². The minimum atomic E-state index is -0.145. The number of benzene rings is 1. The van der Waals surface area contributed by atoms with Gasteiger partial charge in [0.25, 0.3) is 0 Å². The van der Waals surface area contributed by atoms with E-state index in [9.17, 15) is 4.79 Å². The molecular formula is C17H29N3O. The second kappa shape index (κ2) is 9.53. The van der Waals surface area contributed by atoms with Crippen molar-refractivity contribution in [2.75, 3.05) is 26.0 Å². The first-order valence-electron chi connectivity index (χ1n) is 7.78.